The van der Waals surface area contributed by atoms with Crippen molar-refractivity contribution in [3.8, 4) is 0 Å². The molecule has 0 radical (unpaired) electrons. The summed E-state index contributed by atoms with van der Waals surface area (Å²) in [6.07, 6.45) is -0.0282. The maximum atomic E-state index is 13.7. The van der Waals surface area contributed by atoms with Gasteiger partial charge in [0.2, 0.25) is 0 Å². The van der Waals surface area contributed by atoms with Gasteiger partial charge in [-0.2, -0.15) is 0 Å². The van der Waals surface area contributed by atoms with E-state index in [0.717, 1.165) is 0 Å². The minimum atomic E-state index is -2.64. The second-order valence-corrected chi connectivity index (χ2v) is 4.32. The van der Waals surface area contributed by atoms with Crippen LogP contribution in [0.1, 0.15) is 24.9 Å². The van der Waals surface area contributed by atoms with E-state index in [1.54, 1.807) is 24.3 Å². The maximum absolute atomic E-state index is 13.7. The van der Waals surface area contributed by atoms with Crippen molar-refractivity contribution in [2.75, 3.05) is 6.54 Å². The van der Waals surface area contributed by atoms with Crippen molar-refractivity contribution in [1.82, 2.24) is 5.32 Å². The van der Waals surface area contributed by atoms with E-state index < -0.39 is 12.0 Å². The van der Waals surface area contributed by atoms with E-state index in [4.69, 9.17) is 0 Å². The molecule has 3 heteroatoms. The molecule has 0 aromatic heterocycles. The van der Waals surface area contributed by atoms with Crippen molar-refractivity contribution in [3.05, 3.63) is 35.9 Å². The Morgan fingerprint density at radius 1 is 1.27 bits per heavy atom. The first-order chi connectivity index (χ1) is 7.09. The summed E-state index contributed by atoms with van der Waals surface area (Å²) in [6.45, 7) is 2.51. The maximum Gasteiger partial charge on any atom is 0.267 e. The molecule has 1 aliphatic rings. The molecule has 15 heavy (non-hydrogen) atoms. The Balaban J connectivity index is 2.23. The summed E-state index contributed by atoms with van der Waals surface area (Å²) in [5.74, 6) is -2.60. The van der Waals surface area contributed by atoms with Crippen molar-refractivity contribution in [3.63, 3.8) is 0 Å². The first-order valence-corrected chi connectivity index (χ1v) is 5.26. The van der Waals surface area contributed by atoms with Gasteiger partial charge in [-0.3, -0.25) is 0 Å². The summed E-state index contributed by atoms with van der Waals surface area (Å²) in [5.41, 5.74) is 0.675. The number of alkyl halides is 2. The number of hydrogen-bond acceptors (Lipinski definition) is 1. The first kappa shape index (κ1) is 10.6. The third-order valence-corrected chi connectivity index (χ3v) is 2.85. The van der Waals surface area contributed by atoms with Crippen LogP contribution in [0.5, 0.6) is 0 Å². The van der Waals surface area contributed by atoms with Crippen molar-refractivity contribution in [2.24, 2.45) is 5.92 Å². The highest BCUT2D eigenvalue weighted by Crippen LogP contribution is 2.39. The molecular weight excluding hydrogens is 196 g/mol. The molecule has 1 heterocycles. The third-order valence-electron chi connectivity index (χ3n) is 2.85. The summed E-state index contributed by atoms with van der Waals surface area (Å²) in [4.78, 5) is 0. The van der Waals surface area contributed by atoms with E-state index >= 15 is 0 Å². The number of halogens is 2. The minimum absolute atomic E-state index is 0.0282. The lowest BCUT2D eigenvalue weighted by atomic mass is 9.88. The van der Waals surface area contributed by atoms with Gasteiger partial charge in [0.1, 0.15) is 0 Å². The molecule has 1 aliphatic heterocycles. The van der Waals surface area contributed by atoms with Crippen LogP contribution in [0.3, 0.4) is 0 Å². The van der Waals surface area contributed by atoms with Crippen molar-refractivity contribution in [2.45, 2.75) is 25.3 Å². The van der Waals surface area contributed by atoms with E-state index in [2.05, 4.69) is 5.32 Å². The van der Waals surface area contributed by atoms with Gasteiger partial charge in [0.25, 0.3) is 5.92 Å². The molecule has 2 unspecified atom stereocenters. The van der Waals surface area contributed by atoms with Gasteiger partial charge in [-0.15, -0.1) is 0 Å². The number of rotatable bonds is 1. The topological polar surface area (TPSA) is 12.0 Å². The van der Waals surface area contributed by atoms with Gasteiger partial charge in [0, 0.05) is 6.42 Å². The molecule has 2 rings (SSSR count). The third kappa shape index (κ3) is 2.17. The summed E-state index contributed by atoms with van der Waals surface area (Å²) in [6, 6.07) is 8.11. The molecule has 0 amide bonds. The normalized spacial score (nSPS) is 30.1. The Morgan fingerprint density at radius 3 is 2.53 bits per heavy atom. The monoisotopic (exact) mass is 211 g/mol. The fraction of sp³-hybridized carbons (Fsp3) is 0.500. The molecule has 1 N–H and O–H groups in total. The van der Waals surface area contributed by atoms with Crippen LogP contribution in [0, 0.1) is 5.92 Å². The smallest absolute Gasteiger partial charge is 0.267 e. The zero-order chi connectivity index (χ0) is 10.9. The summed E-state index contributed by atoms with van der Waals surface area (Å²) >= 11 is 0. The Kier molecular flexibility index (Phi) is 2.74. The van der Waals surface area contributed by atoms with Gasteiger partial charge in [-0.05, 0) is 18.0 Å². The average Bonchev–Trinajstić information content (AvgIpc) is 2.17. The van der Waals surface area contributed by atoms with Crippen LogP contribution < -0.4 is 5.32 Å². The second-order valence-electron chi connectivity index (χ2n) is 4.32. The zero-order valence-electron chi connectivity index (χ0n) is 8.71. The van der Waals surface area contributed by atoms with E-state index in [-0.39, 0.29) is 12.3 Å². The molecule has 82 valence electrons. The van der Waals surface area contributed by atoms with Crippen LogP contribution in [0.25, 0.3) is 0 Å². The predicted molar refractivity (Wildman–Crippen MR) is 55.9 cm³/mol. The highest BCUT2D eigenvalue weighted by atomic mass is 19.3. The fourth-order valence-electron chi connectivity index (χ4n) is 2.13. The van der Waals surface area contributed by atoms with E-state index in [1.807, 2.05) is 13.0 Å². The van der Waals surface area contributed by atoms with Gasteiger partial charge in [0.05, 0.1) is 6.04 Å². The Morgan fingerprint density at radius 2 is 1.93 bits per heavy atom. The zero-order valence-corrected chi connectivity index (χ0v) is 8.71. The molecular formula is C12H15F2N. The van der Waals surface area contributed by atoms with Gasteiger partial charge in [-0.25, -0.2) is 8.78 Å². The SMILES string of the molecule is CC1CNC(c2ccccc2)C(F)(F)C1. The molecule has 0 spiro atoms. The van der Waals surface area contributed by atoms with Crippen LogP contribution in [0.15, 0.2) is 30.3 Å². The van der Waals surface area contributed by atoms with Gasteiger partial charge in [0.15, 0.2) is 0 Å². The van der Waals surface area contributed by atoms with Crippen LogP contribution in [0.4, 0.5) is 8.78 Å². The van der Waals surface area contributed by atoms with Crippen LogP contribution >= 0.6 is 0 Å². The van der Waals surface area contributed by atoms with Crippen LogP contribution in [-0.2, 0) is 0 Å². The average molecular weight is 211 g/mol. The lowest BCUT2D eigenvalue weighted by Gasteiger charge is -2.35. The molecule has 1 aromatic rings. The molecule has 0 bridgehead atoms. The number of nitrogens with one attached hydrogen (secondary N) is 1. The Hall–Kier alpha value is -0.960. The molecule has 2 atom stereocenters. The lowest BCUT2D eigenvalue weighted by molar-refractivity contribution is -0.0763. The molecule has 1 nitrogen and oxygen atoms in total. The summed E-state index contributed by atoms with van der Waals surface area (Å²) < 4.78 is 27.5. The van der Waals surface area contributed by atoms with Crippen LogP contribution in [-0.4, -0.2) is 12.5 Å². The van der Waals surface area contributed by atoms with Crippen molar-refractivity contribution in [1.29, 1.82) is 0 Å². The van der Waals surface area contributed by atoms with Gasteiger partial charge >= 0.3 is 0 Å². The quantitative estimate of drug-likeness (QED) is 0.753. The molecule has 1 fully saturated rings. The Bertz CT molecular complexity index is 324. The van der Waals surface area contributed by atoms with Gasteiger partial charge < -0.3 is 5.32 Å². The molecule has 1 saturated heterocycles. The van der Waals surface area contributed by atoms with Gasteiger partial charge in [-0.1, -0.05) is 37.3 Å². The van der Waals surface area contributed by atoms with E-state index in [0.29, 0.717) is 12.1 Å². The second kappa shape index (κ2) is 3.89. The summed E-state index contributed by atoms with van der Waals surface area (Å²) in [7, 11) is 0. The molecule has 1 aromatic carbocycles. The first-order valence-electron chi connectivity index (χ1n) is 5.26. The summed E-state index contributed by atoms with van der Waals surface area (Å²) in [5, 5.41) is 2.93. The lowest BCUT2D eigenvalue weighted by Crippen LogP contribution is -2.46. The minimum Gasteiger partial charge on any atom is -0.305 e. The number of piperidine rings is 1. The van der Waals surface area contributed by atoms with E-state index in [1.165, 1.54) is 0 Å². The standard InChI is InChI=1S/C12H15F2N/c1-9-7-12(13,14)11(15-8-9)10-5-3-2-4-6-10/h2-6,9,11,15H,7-8H2,1H3. The van der Waals surface area contributed by atoms with E-state index in [9.17, 15) is 8.78 Å². The van der Waals surface area contributed by atoms with Crippen LogP contribution in [0.2, 0.25) is 0 Å². The predicted octanol–water partition coefficient (Wildman–Crippen LogP) is 2.99. The van der Waals surface area contributed by atoms with Crippen molar-refractivity contribution >= 4 is 0 Å². The number of benzene rings is 1. The highest BCUT2D eigenvalue weighted by molar-refractivity contribution is 5.22. The largest absolute Gasteiger partial charge is 0.305 e. The Labute approximate surface area is 88.5 Å². The number of hydrogen-bond donors (Lipinski definition) is 1. The molecule has 0 saturated carbocycles. The highest BCUT2D eigenvalue weighted by Gasteiger charge is 2.44. The van der Waals surface area contributed by atoms with Crippen molar-refractivity contribution < 1.29 is 8.78 Å². The molecule has 0 aliphatic carbocycles. The fourth-order valence-corrected chi connectivity index (χ4v) is 2.13.